The van der Waals surface area contributed by atoms with E-state index in [1.165, 1.54) is 49.6 Å². The Hall–Kier alpha value is -4.35. The Morgan fingerprint density at radius 2 is 1.79 bits per heavy atom. The lowest BCUT2D eigenvalue weighted by Crippen LogP contribution is -2.20. The van der Waals surface area contributed by atoms with Crippen molar-refractivity contribution >= 4 is 38.9 Å². The second-order valence-electron chi connectivity index (χ2n) is 8.08. The number of hydrogen-bond acceptors (Lipinski definition) is 7. The number of H-pyrrole nitrogens is 1. The number of aryl methyl sites for hydroxylation is 1. The molecule has 3 aromatic carbocycles. The second-order valence-corrected chi connectivity index (χ2v) is 10.2. The summed E-state index contributed by atoms with van der Waals surface area (Å²) in [5, 5.41) is 2.98. The van der Waals surface area contributed by atoms with Crippen molar-refractivity contribution < 1.29 is 22.7 Å². The van der Waals surface area contributed by atoms with Gasteiger partial charge in [0.25, 0.3) is 21.5 Å². The molecule has 0 aliphatic carbocycles. The van der Waals surface area contributed by atoms with Gasteiger partial charge in [-0.25, -0.2) is 13.4 Å². The first-order chi connectivity index (χ1) is 18.1. The number of carbonyl (C=O) groups is 1. The number of halogens is 1. The highest BCUT2D eigenvalue weighted by Gasteiger charge is 2.16. The molecule has 0 radical (unpaired) electrons. The summed E-state index contributed by atoms with van der Waals surface area (Å²) in [4.78, 5) is 31.1. The SMILES string of the molecule is COc1ccc(NS(=O)(=O)c2ccc(OCC(=O)Nc3cccc(-c4nc(C)cc(=O)[nH]4)c3)cc2)cc1Cl. The Morgan fingerprint density at radius 3 is 2.47 bits per heavy atom. The summed E-state index contributed by atoms with van der Waals surface area (Å²) < 4.78 is 38.4. The van der Waals surface area contributed by atoms with Crippen LogP contribution in [0.3, 0.4) is 0 Å². The Bertz CT molecular complexity index is 1640. The van der Waals surface area contributed by atoms with Crippen LogP contribution in [0, 0.1) is 6.92 Å². The molecule has 0 saturated carbocycles. The van der Waals surface area contributed by atoms with Gasteiger partial charge in [-0.3, -0.25) is 14.3 Å². The van der Waals surface area contributed by atoms with Gasteiger partial charge in [-0.05, 0) is 61.5 Å². The van der Waals surface area contributed by atoms with Crippen molar-refractivity contribution in [2.75, 3.05) is 23.8 Å². The number of amides is 1. The summed E-state index contributed by atoms with van der Waals surface area (Å²) in [5.74, 6) is 0.693. The van der Waals surface area contributed by atoms with E-state index in [1.54, 1.807) is 37.3 Å². The highest BCUT2D eigenvalue weighted by molar-refractivity contribution is 7.92. The number of nitrogens with zero attached hydrogens (tertiary/aromatic N) is 1. The number of anilines is 2. The van der Waals surface area contributed by atoms with Gasteiger partial charge in [0.1, 0.15) is 17.3 Å². The highest BCUT2D eigenvalue weighted by Crippen LogP contribution is 2.28. The molecule has 12 heteroatoms. The summed E-state index contributed by atoms with van der Waals surface area (Å²) in [7, 11) is -2.42. The summed E-state index contributed by atoms with van der Waals surface area (Å²) in [6.07, 6.45) is 0. The van der Waals surface area contributed by atoms with Crippen molar-refractivity contribution in [2.45, 2.75) is 11.8 Å². The van der Waals surface area contributed by atoms with E-state index in [4.69, 9.17) is 21.1 Å². The smallest absolute Gasteiger partial charge is 0.262 e. The molecule has 3 N–H and O–H groups in total. The van der Waals surface area contributed by atoms with Gasteiger partial charge in [0.15, 0.2) is 6.61 Å². The number of benzene rings is 3. The fraction of sp³-hybridized carbons (Fsp3) is 0.115. The first-order valence-corrected chi connectivity index (χ1v) is 13.1. The van der Waals surface area contributed by atoms with Crippen LogP contribution in [0.1, 0.15) is 5.69 Å². The lowest BCUT2D eigenvalue weighted by atomic mass is 10.2. The van der Waals surface area contributed by atoms with Crippen LogP contribution in [0.5, 0.6) is 11.5 Å². The molecule has 0 bridgehead atoms. The molecule has 196 valence electrons. The number of ether oxygens (including phenoxy) is 2. The molecule has 0 spiro atoms. The average molecular weight is 555 g/mol. The van der Waals surface area contributed by atoms with E-state index in [0.29, 0.717) is 34.3 Å². The van der Waals surface area contributed by atoms with Gasteiger partial charge in [-0.2, -0.15) is 0 Å². The summed E-state index contributed by atoms with van der Waals surface area (Å²) in [6, 6.07) is 18.4. The van der Waals surface area contributed by atoms with Crippen LogP contribution in [-0.4, -0.2) is 38.0 Å². The topological polar surface area (TPSA) is 139 Å². The predicted molar refractivity (Wildman–Crippen MR) is 144 cm³/mol. The first-order valence-electron chi connectivity index (χ1n) is 11.2. The molecular formula is C26H23ClN4O6S. The van der Waals surface area contributed by atoms with Gasteiger partial charge in [0.2, 0.25) is 0 Å². The maximum atomic E-state index is 12.7. The van der Waals surface area contributed by atoms with Gasteiger partial charge in [-0.15, -0.1) is 0 Å². The zero-order valence-corrected chi connectivity index (χ0v) is 21.9. The molecule has 1 amide bonds. The van der Waals surface area contributed by atoms with Crippen LogP contribution in [0.2, 0.25) is 5.02 Å². The number of sulfonamides is 1. The summed E-state index contributed by atoms with van der Waals surface area (Å²) >= 11 is 6.06. The monoisotopic (exact) mass is 554 g/mol. The normalized spacial score (nSPS) is 11.0. The molecule has 0 aliphatic rings. The van der Waals surface area contributed by atoms with Crippen molar-refractivity contribution in [1.29, 1.82) is 0 Å². The number of hydrogen-bond donors (Lipinski definition) is 3. The van der Waals surface area contributed by atoms with E-state index < -0.39 is 15.9 Å². The number of aromatic amines is 1. The minimum atomic E-state index is -3.88. The molecule has 0 fully saturated rings. The Balaban J connectivity index is 1.35. The van der Waals surface area contributed by atoms with E-state index in [2.05, 4.69) is 20.0 Å². The van der Waals surface area contributed by atoms with Gasteiger partial charge in [0, 0.05) is 23.0 Å². The predicted octanol–water partition coefficient (Wildman–Crippen LogP) is 4.23. The first kappa shape index (κ1) is 26.7. The minimum absolute atomic E-state index is 0.000793. The van der Waals surface area contributed by atoms with Gasteiger partial charge < -0.3 is 19.8 Å². The maximum Gasteiger partial charge on any atom is 0.262 e. The molecule has 4 aromatic rings. The number of rotatable bonds is 9. The van der Waals surface area contributed by atoms with Crippen molar-refractivity contribution in [1.82, 2.24) is 9.97 Å². The third-order valence-electron chi connectivity index (χ3n) is 5.20. The second kappa shape index (κ2) is 11.4. The van der Waals surface area contributed by atoms with Crippen LogP contribution in [0.15, 0.2) is 82.5 Å². The van der Waals surface area contributed by atoms with E-state index in [1.807, 2.05) is 0 Å². The molecule has 38 heavy (non-hydrogen) atoms. The molecule has 10 nitrogen and oxygen atoms in total. The standard InChI is InChI=1S/C26H23ClN4O6S/c1-16-12-24(32)30-26(28-16)17-4-3-5-18(13-17)29-25(33)15-37-20-7-9-21(10-8-20)38(34,35)31-19-6-11-23(36-2)22(27)14-19/h3-14,31H,15H2,1-2H3,(H,29,33)(H,28,30,32). The zero-order valence-electron chi connectivity index (χ0n) is 20.3. The number of methoxy groups -OCH3 is 1. The van der Waals surface area contributed by atoms with E-state index in [-0.39, 0.29) is 27.8 Å². The van der Waals surface area contributed by atoms with Crippen molar-refractivity contribution in [3.05, 3.63) is 93.9 Å². The number of aromatic nitrogens is 2. The molecule has 0 aliphatic heterocycles. The lowest BCUT2D eigenvalue weighted by Gasteiger charge is -2.11. The van der Waals surface area contributed by atoms with Gasteiger partial charge in [0.05, 0.1) is 22.7 Å². The largest absolute Gasteiger partial charge is 0.495 e. The minimum Gasteiger partial charge on any atom is -0.495 e. The average Bonchev–Trinajstić information content (AvgIpc) is 2.87. The van der Waals surface area contributed by atoms with Crippen LogP contribution in [0.4, 0.5) is 11.4 Å². The van der Waals surface area contributed by atoms with Gasteiger partial charge in [-0.1, -0.05) is 23.7 Å². The van der Waals surface area contributed by atoms with Crippen LogP contribution < -0.4 is 25.1 Å². The third kappa shape index (κ3) is 6.69. The van der Waals surface area contributed by atoms with Crippen LogP contribution >= 0.6 is 11.6 Å². The molecule has 0 unspecified atom stereocenters. The molecule has 0 saturated heterocycles. The summed E-state index contributed by atoms with van der Waals surface area (Å²) in [6.45, 7) is 1.41. The fourth-order valence-electron chi connectivity index (χ4n) is 3.46. The van der Waals surface area contributed by atoms with E-state index in [9.17, 15) is 18.0 Å². The Morgan fingerprint density at radius 1 is 1.03 bits per heavy atom. The van der Waals surface area contributed by atoms with Crippen molar-refractivity contribution in [3.63, 3.8) is 0 Å². The van der Waals surface area contributed by atoms with Crippen molar-refractivity contribution in [3.8, 4) is 22.9 Å². The quantitative estimate of drug-likeness (QED) is 0.281. The van der Waals surface area contributed by atoms with Crippen LogP contribution in [-0.2, 0) is 14.8 Å². The molecule has 4 rings (SSSR count). The fourth-order valence-corrected chi connectivity index (χ4v) is 4.77. The number of nitrogens with one attached hydrogen (secondary N) is 3. The maximum absolute atomic E-state index is 12.7. The van der Waals surface area contributed by atoms with E-state index >= 15 is 0 Å². The summed E-state index contributed by atoms with van der Waals surface area (Å²) in [5.41, 5.74) is 1.71. The zero-order chi connectivity index (χ0) is 27.3. The molecule has 0 atom stereocenters. The molecular weight excluding hydrogens is 532 g/mol. The third-order valence-corrected chi connectivity index (χ3v) is 6.89. The Labute approximate surface area is 223 Å². The lowest BCUT2D eigenvalue weighted by molar-refractivity contribution is -0.118. The number of carbonyl (C=O) groups excluding carboxylic acids is 1. The van der Waals surface area contributed by atoms with E-state index in [0.717, 1.165) is 0 Å². The Kier molecular flexibility index (Phi) is 7.99. The molecule has 1 aromatic heterocycles. The van der Waals surface area contributed by atoms with Crippen molar-refractivity contribution in [2.24, 2.45) is 0 Å². The van der Waals surface area contributed by atoms with Gasteiger partial charge >= 0.3 is 0 Å². The van der Waals surface area contributed by atoms with Crippen LogP contribution in [0.25, 0.3) is 11.4 Å². The highest BCUT2D eigenvalue weighted by atomic mass is 35.5. The molecule has 1 heterocycles.